The number of amides is 2. The van der Waals surface area contributed by atoms with Gasteiger partial charge in [-0.3, -0.25) is 0 Å². The van der Waals surface area contributed by atoms with Crippen LogP contribution in [0.4, 0.5) is 4.79 Å². The minimum Gasteiger partial charge on any atom is -0.492 e. The Labute approximate surface area is 130 Å². The molecule has 2 amide bonds. The molecule has 1 aliphatic rings. The zero-order chi connectivity index (χ0) is 14.9. The molecule has 1 fully saturated rings. The molecule has 0 spiro atoms. The second-order valence-corrected chi connectivity index (χ2v) is 5.57. The molecule has 3 N–H and O–H groups in total. The second kappa shape index (κ2) is 8.74. The molecule has 0 unspecified atom stereocenters. The van der Waals surface area contributed by atoms with Gasteiger partial charge >= 0.3 is 6.03 Å². The highest BCUT2D eigenvalue weighted by Crippen LogP contribution is 2.16. The minimum absolute atomic E-state index is 0.136. The van der Waals surface area contributed by atoms with Gasteiger partial charge in [-0.2, -0.15) is 0 Å². The monoisotopic (exact) mass is 311 g/mol. The Hall–Kier alpha value is -1.46. The molecule has 0 radical (unpaired) electrons. The van der Waals surface area contributed by atoms with Crippen LogP contribution in [0, 0.1) is 5.92 Å². The van der Waals surface area contributed by atoms with Crippen LogP contribution in [0.25, 0.3) is 0 Å². The van der Waals surface area contributed by atoms with E-state index < -0.39 is 0 Å². The van der Waals surface area contributed by atoms with Crippen molar-refractivity contribution >= 4 is 17.6 Å². The van der Waals surface area contributed by atoms with E-state index >= 15 is 0 Å². The van der Waals surface area contributed by atoms with Crippen molar-refractivity contribution in [2.45, 2.75) is 12.8 Å². The quantitative estimate of drug-likeness (QED) is 0.704. The molecule has 2 rings (SSSR count). The zero-order valence-electron chi connectivity index (χ0n) is 12.0. The SMILES string of the molecule is O=C(NCCOc1cccc(Cl)c1)NCC1CCNCC1. The Morgan fingerprint density at radius 3 is 2.90 bits per heavy atom. The van der Waals surface area contributed by atoms with Gasteiger partial charge in [0.05, 0.1) is 6.54 Å². The number of hydrogen-bond donors (Lipinski definition) is 3. The van der Waals surface area contributed by atoms with Crippen LogP contribution in [-0.2, 0) is 0 Å². The number of rotatable bonds is 6. The van der Waals surface area contributed by atoms with Crippen LogP contribution < -0.4 is 20.7 Å². The van der Waals surface area contributed by atoms with Crippen LogP contribution in [0.1, 0.15) is 12.8 Å². The van der Waals surface area contributed by atoms with Crippen molar-refractivity contribution in [1.29, 1.82) is 0 Å². The van der Waals surface area contributed by atoms with Gasteiger partial charge in [-0.15, -0.1) is 0 Å². The lowest BCUT2D eigenvalue weighted by molar-refractivity contribution is 0.232. The number of halogens is 1. The first kappa shape index (κ1) is 15.9. The molecule has 1 aliphatic heterocycles. The number of benzene rings is 1. The van der Waals surface area contributed by atoms with Crippen molar-refractivity contribution in [3.63, 3.8) is 0 Å². The van der Waals surface area contributed by atoms with E-state index in [0.29, 0.717) is 29.8 Å². The Bertz CT molecular complexity index is 450. The van der Waals surface area contributed by atoms with Gasteiger partial charge in [-0.25, -0.2) is 4.79 Å². The van der Waals surface area contributed by atoms with Crippen LogP contribution >= 0.6 is 11.6 Å². The molecule has 0 aliphatic carbocycles. The van der Waals surface area contributed by atoms with Crippen LogP contribution in [0.3, 0.4) is 0 Å². The molecule has 1 heterocycles. The van der Waals surface area contributed by atoms with Gasteiger partial charge in [0, 0.05) is 11.6 Å². The second-order valence-electron chi connectivity index (χ2n) is 5.14. The Morgan fingerprint density at radius 2 is 2.14 bits per heavy atom. The first-order valence-electron chi connectivity index (χ1n) is 7.35. The average molecular weight is 312 g/mol. The number of carbonyl (C=O) groups excluding carboxylic acids is 1. The Balaban J connectivity index is 1.54. The first-order chi connectivity index (χ1) is 10.2. The number of carbonyl (C=O) groups is 1. The number of piperidine rings is 1. The summed E-state index contributed by atoms with van der Waals surface area (Å²) < 4.78 is 5.50. The van der Waals surface area contributed by atoms with E-state index in [9.17, 15) is 4.79 Å². The van der Waals surface area contributed by atoms with Gasteiger partial charge in [0.25, 0.3) is 0 Å². The standard InChI is InChI=1S/C15H22ClN3O2/c16-13-2-1-3-14(10-13)21-9-8-18-15(20)19-11-12-4-6-17-7-5-12/h1-3,10,12,17H,4-9,11H2,(H2,18,19,20). The van der Waals surface area contributed by atoms with E-state index in [-0.39, 0.29) is 6.03 Å². The van der Waals surface area contributed by atoms with E-state index in [1.54, 1.807) is 12.1 Å². The molecule has 0 saturated carbocycles. The highest BCUT2D eigenvalue weighted by Gasteiger charge is 2.13. The van der Waals surface area contributed by atoms with Crippen LogP contribution in [0.2, 0.25) is 5.02 Å². The third-order valence-electron chi connectivity index (χ3n) is 3.46. The molecule has 6 heteroatoms. The number of ether oxygens (including phenoxy) is 1. The molecule has 0 bridgehead atoms. The van der Waals surface area contributed by atoms with Gasteiger partial charge in [0.15, 0.2) is 0 Å². The van der Waals surface area contributed by atoms with Crippen LogP contribution in [0.5, 0.6) is 5.75 Å². The molecule has 5 nitrogen and oxygen atoms in total. The molecule has 116 valence electrons. The summed E-state index contributed by atoms with van der Waals surface area (Å²) in [6, 6.07) is 7.07. The molecular weight excluding hydrogens is 290 g/mol. The highest BCUT2D eigenvalue weighted by atomic mass is 35.5. The maximum Gasteiger partial charge on any atom is 0.314 e. The molecule has 1 saturated heterocycles. The lowest BCUT2D eigenvalue weighted by Crippen LogP contribution is -2.41. The Kier molecular flexibility index (Phi) is 6.63. The zero-order valence-corrected chi connectivity index (χ0v) is 12.8. The fourth-order valence-electron chi connectivity index (χ4n) is 2.28. The van der Waals surface area contributed by atoms with Crippen molar-refractivity contribution in [2.24, 2.45) is 5.92 Å². The van der Waals surface area contributed by atoms with Crippen molar-refractivity contribution in [1.82, 2.24) is 16.0 Å². The van der Waals surface area contributed by atoms with Gasteiger partial charge < -0.3 is 20.7 Å². The molecule has 1 aromatic carbocycles. The number of urea groups is 1. The van der Waals surface area contributed by atoms with Crippen molar-refractivity contribution < 1.29 is 9.53 Å². The summed E-state index contributed by atoms with van der Waals surface area (Å²) >= 11 is 5.86. The predicted molar refractivity (Wildman–Crippen MR) is 83.9 cm³/mol. The van der Waals surface area contributed by atoms with Gasteiger partial charge in [-0.05, 0) is 50.0 Å². The smallest absolute Gasteiger partial charge is 0.314 e. The van der Waals surface area contributed by atoms with Gasteiger partial charge in [-0.1, -0.05) is 17.7 Å². The molecule has 0 aromatic heterocycles. The molecule has 1 aromatic rings. The fraction of sp³-hybridized carbons (Fsp3) is 0.533. The normalized spacial score (nSPS) is 15.5. The molecule has 0 atom stereocenters. The summed E-state index contributed by atoms with van der Waals surface area (Å²) in [4.78, 5) is 11.6. The van der Waals surface area contributed by atoms with E-state index in [2.05, 4.69) is 16.0 Å². The topological polar surface area (TPSA) is 62.4 Å². The van der Waals surface area contributed by atoms with Gasteiger partial charge in [0.2, 0.25) is 0 Å². The number of hydrogen-bond acceptors (Lipinski definition) is 3. The lowest BCUT2D eigenvalue weighted by Gasteiger charge is -2.22. The Morgan fingerprint density at radius 1 is 1.33 bits per heavy atom. The van der Waals surface area contributed by atoms with E-state index in [4.69, 9.17) is 16.3 Å². The largest absolute Gasteiger partial charge is 0.492 e. The summed E-state index contributed by atoms with van der Waals surface area (Å²) in [6.07, 6.45) is 2.25. The highest BCUT2D eigenvalue weighted by molar-refractivity contribution is 6.30. The van der Waals surface area contributed by atoms with E-state index in [1.165, 1.54) is 0 Å². The van der Waals surface area contributed by atoms with Crippen LogP contribution in [0.15, 0.2) is 24.3 Å². The van der Waals surface area contributed by atoms with Crippen molar-refractivity contribution in [2.75, 3.05) is 32.8 Å². The predicted octanol–water partition coefficient (Wildman–Crippen LogP) is 2.02. The van der Waals surface area contributed by atoms with Crippen molar-refractivity contribution in [3.05, 3.63) is 29.3 Å². The summed E-state index contributed by atoms with van der Waals surface area (Å²) in [6.45, 7) is 3.71. The van der Waals surface area contributed by atoms with E-state index in [0.717, 1.165) is 32.5 Å². The summed E-state index contributed by atoms with van der Waals surface area (Å²) in [7, 11) is 0. The fourth-order valence-corrected chi connectivity index (χ4v) is 2.46. The lowest BCUT2D eigenvalue weighted by atomic mass is 9.98. The third-order valence-corrected chi connectivity index (χ3v) is 3.70. The molecular formula is C15H22ClN3O2. The minimum atomic E-state index is -0.136. The summed E-state index contributed by atoms with van der Waals surface area (Å²) in [5.74, 6) is 1.29. The third kappa shape index (κ3) is 6.23. The number of nitrogens with one attached hydrogen (secondary N) is 3. The maximum absolute atomic E-state index is 11.6. The summed E-state index contributed by atoms with van der Waals surface area (Å²) in [5.41, 5.74) is 0. The molecule has 21 heavy (non-hydrogen) atoms. The summed E-state index contributed by atoms with van der Waals surface area (Å²) in [5, 5.41) is 9.64. The van der Waals surface area contributed by atoms with E-state index in [1.807, 2.05) is 12.1 Å². The maximum atomic E-state index is 11.6. The average Bonchev–Trinajstić information content (AvgIpc) is 2.51. The first-order valence-corrected chi connectivity index (χ1v) is 7.72. The van der Waals surface area contributed by atoms with Crippen molar-refractivity contribution in [3.8, 4) is 5.75 Å². The van der Waals surface area contributed by atoms with Gasteiger partial charge in [0.1, 0.15) is 12.4 Å². The van der Waals surface area contributed by atoms with Crippen LogP contribution in [-0.4, -0.2) is 38.8 Å².